The molecule has 0 heterocycles. The molecule has 0 saturated heterocycles. The summed E-state index contributed by atoms with van der Waals surface area (Å²) < 4.78 is 22.3. The monoisotopic (exact) mass is 261 g/mol. The van der Waals surface area contributed by atoms with Crippen molar-refractivity contribution in [1.29, 1.82) is 0 Å². The van der Waals surface area contributed by atoms with E-state index in [0.717, 1.165) is 12.5 Å². The van der Waals surface area contributed by atoms with Crippen LogP contribution >= 0.6 is 0 Å². The summed E-state index contributed by atoms with van der Waals surface area (Å²) in [6.45, 7) is 2.95. The average molecular weight is 261 g/mol. The fraction of sp³-hybridized carbons (Fsp3) is 1.00. The first-order chi connectivity index (χ1) is 7.97. The van der Waals surface area contributed by atoms with E-state index < -0.39 is 9.84 Å². The molecule has 102 valence electrons. The van der Waals surface area contributed by atoms with Gasteiger partial charge in [-0.3, -0.25) is 0 Å². The number of sulfone groups is 1. The van der Waals surface area contributed by atoms with Gasteiger partial charge in [-0.2, -0.15) is 0 Å². The molecule has 0 radical (unpaired) electrons. The van der Waals surface area contributed by atoms with E-state index in [1.165, 1.54) is 51.2 Å². The van der Waals surface area contributed by atoms with Crippen LogP contribution in [-0.4, -0.2) is 33.0 Å². The Kier molecular flexibility index (Phi) is 6.49. The largest absolute Gasteiger partial charge is 0.313 e. The zero-order valence-electron chi connectivity index (χ0n) is 11.2. The Morgan fingerprint density at radius 2 is 1.65 bits per heavy atom. The molecule has 1 fully saturated rings. The van der Waals surface area contributed by atoms with Crippen LogP contribution in [0, 0.1) is 5.92 Å². The molecule has 17 heavy (non-hydrogen) atoms. The first-order valence-electron chi connectivity index (χ1n) is 6.88. The first kappa shape index (κ1) is 15.0. The van der Waals surface area contributed by atoms with Crippen LogP contribution in [0.3, 0.4) is 0 Å². The molecule has 1 rings (SSSR count). The molecule has 0 aromatic rings. The molecule has 0 amide bonds. The van der Waals surface area contributed by atoms with E-state index in [1.54, 1.807) is 0 Å². The molecule has 0 aliphatic heterocycles. The van der Waals surface area contributed by atoms with E-state index >= 15 is 0 Å². The molecule has 1 N–H and O–H groups in total. The van der Waals surface area contributed by atoms with Crippen LogP contribution in [0.1, 0.15) is 51.9 Å². The van der Waals surface area contributed by atoms with Crippen molar-refractivity contribution in [3.63, 3.8) is 0 Å². The highest BCUT2D eigenvalue weighted by molar-refractivity contribution is 7.90. The highest BCUT2D eigenvalue weighted by Gasteiger charge is 2.14. The molecule has 0 spiro atoms. The number of hydrogen-bond donors (Lipinski definition) is 1. The van der Waals surface area contributed by atoms with Crippen LogP contribution in [0.5, 0.6) is 0 Å². The SMILES string of the molecule is CC(CS(C)(=O)=O)NCC1CCCCCCC1. The van der Waals surface area contributed by atoms with E-state index in [1.807, 2.05) is 6.92 Å². The Balaban J connectivity index is 2.23. The summed E-state index contributed by atoms with van der Waals surface area (Å²) in [7, 11) is -2.85. The van der Waals surface area contributed by atoms with Crippen LogP contribution in [0.15, 0.2) is 0 Å². The van der Waals surface area contributed by atoms with Gasteiger partial charge in [0.2, 0.25) is 0 Å². The van der Waals surface area contributed by atoms with Crippen molar-refractivity contribution in [1.82, 2.24) is 5.32 Å². The Morgan fingerprint density at radius 3 is 2.18 bits per heavy atom. The third kappa shape index (κ3) is 7.77. The molecule has 1 saturated carbocycles. The lowest BCUT2D eigenvalue weighted by atomic mass is 9.91. The van der Waals surface area contributed by atoms with Crippen LogP contribution in [-0.2, 0) is 9.84 Å². The Labute approximate surface area is 106 Å². The predicted octanol–water partition coefficient (Wildman–Crippen LogP) is 2.37. The van der Waals surface area contributed by atoms with E-state index in [-0.39, 0.29) is 11.8 Å². The highest BCUT2D eigenvalue weighted by Crippen LogP contribution is 2.21. The lowest BCUT2D eigenvalue weighted by molar-refractivity contribution is 0.352. The van der Waals surface area contributed by atoms with Crippen molar-refractivity contribution in [2.45, 2.75) is 57.9 Å². The van der Waals surface area contributed by atoms with E-state index in [2.05, 4.69) is 5.32 Å². The van der Waals surface area contributed by atoms with Crippen LogP contribution in [0.2, 0.25) is 0 Å². The van der Waals surface area contributed by atoms with Crippen molar-refractivity contribution < 1.29 is 8.42 Å². The first-order valence-corrected chi connectivity index (χ1v) is 8.94. The second kappa shape index (κ2) is 7.37. The molecule has 1 aliphatic carbocycles. The molecule has 4 heteroatoms. The maximum atomic E-state index is 11.2. The lowest BCUT2D eigenvalue weighted by Crippen LogP contribution is -2.36. The number of nitrogens with one attached hydrogen (secondary N) is 1. The minimum absolute atomic E-state index is 0.0791. The van der Waals surface area contributed by atoms with Gasteiger partial charge in [0.1, 0.15) is 9.84 Å². The van der Waals surface area contributed by atoms with Gasteiger partial charge >= 0.3 is 0 Å². The van der Waals surface area contributed by atoms with Crippen molar-refractivity contribution in [2.75, 3.05) is 18.6 Å². The summed E-state index contributed by atoms with van der Waals surface area (Å²) in [5.74, 6) is 0.997. The summed E-state index contributed by atoms with van der Waals surface area (Å²) in [5, 5.41) is 3.38. The average Bonchev–Trinajstić information content (AvgIpc) is 2.13. The normalized spacial score (nSPS) is 21.8. The van der Waals surface area contributed by atoms with Gasteiger partial charge in [-0.05, 0) is 32.2 Å². The highest BCUT2D eigenvalue weighted by atomic mass is 32.2. The quantitative estimate of drug-likeness (QED) is 0.826. The second-order valence-corrected chi connectivity index (χ2v) is 7.80. The smallest absolute Gasteiger partial charge is 0.148 e. The summed E-state index contributed by atoms with van der Waals surface area (Å²) in [5.41, 5.74) is 0. The third-order valence-electron chi connectivity index (χ3n) is 3.53. The zero-order valence-corrected chi connectivity index (χ0v) is 12.1. The molecular formula is C13H27NO2S. The standard InChI is InChI=1S/C13H27NO2S/c1-12(11-17(2,15)16)14-10-13-8-6-4-3-5-7-9-13/h12-14H,3-11H2,1-2H3. The maximum Gasteiger partial charge on any atom is 0.148 e. The van der Waals surface area contributed by atoms with E-state index in [0.29, 0.717) is 0 Å². The van der Waals surface area contributed by atoms with Crippen molar-refractivity contribution >= 4 is 9.84 Å². The minimum Gasteiger partial charge on any atom is -0.313 e. The van der Waals surface area contributed by atoms with Crippen LogP contribution < -0.4 is 5.32 Å². The Bertz CT molecular complexity index is 293. The van der Waals surface area contributed by atoms with Gasteiger partial charge in [0.25, 0.3) is 0 Å². The molecule has 3 nitrogen and oxygen atoms in total. The Hall–Kier alpha value is -0.0900. The van der Waals surface area contributed by atoms with Crippen molar-refractivity contribution in [3.8, 4) is 0 Å². The summed E-state index contributed by atoms with van der Waals surface area (Å²) in [6.07, 6.45) is 10.7. The fourth-order valence-electron chi connectivity index (χ4n) is 2.63. The van der Waals surface area contributed by atoms with Gasteiger partial charge in [-0.1, -0.05) is 32.1 Å². The molecule has 1 unspecified atom stereocenters. The van der Waals surface area contributed by atoms with Crippen LogP contribution in [0.4, 0.5) is 0 Å². The van der Waals surface area contributed by atoms with Gasteiger partial charge in [-0.15, -0.1) is 0 Å². The Morgan fingerprint density at radius 1 is 1.12 bits per heavy atom. The molecule has 0 aromatic carbocycles. The van der Waals surface area contributed by atoms with Gasteiger partial charge in [0.05, 0.1) is 5.75 Å². The molecule has 0 bridgehead atoms. The number of rotatable bonds is 5. The second-order valence-electron chi connectivity index (χ2n) is 5.61. The summed E-state index contributed by atoms with van der Waals surface area (Å²) in [6, 6.07) is 0.0791. The lowest BCUT2D eigenvalue weighted by Gasteiger charge is -2.22. The molecular weight excluding hydrogens is 234 g/mol. The molecule has 1 aliphatic rings. The van der Waals surface area contributed by atoms with Crippen molar-refractivity contribution in [2.24, 2.45) is 5.92 Å². The third-order valence-corrected chi connectivity index (χ3v) is 4.64. The van der Waals surface area contributed by atoms with E-state index in [4.69, 9.17) is 0 Å². The number of hydrogen-bond acceptors (Lipinski definition) is 3. The topological polar surface area (TPSA) is 46.2 Å². The zero-order chi connectivity index (χ0) is 12.7. The van der Waals surface area contributed by atoms with Gasteiger partial charge in [0.15, 0.2) is 0 Å². The van der Waals surface area contributed by atoms with Gasteiger partial charge in [0, 0.05) is 12.3 Å². The van der Waals surface area contributed by atoms with Crippen molar-refractivity contribution in [3.05, 3.63) is 0 Å². The molecule has 1 atom stereocenters. The van der Waals surface area contributed by atoms with E-state index in [9.17, 15) is 8.42 Å². The maximum absolute atomic E-state index is 11.2. The van der Waals surface area contributed by atoms with Gasteiger partial charge in [-0.25, -0.2) is 8.42 Å². The summed E-state index contributed by atoms with van der Waals surface area (Å²) in [4.78, 5) is 0. The minimum atomic E-state index is -2.85. The van der Waals surface area contributed by atoms with Gasteiger partial charge < -0.3 is 5.32 Å². The predicted molar refractivity (Wildman–Crippen MR) is 73.0 cm³/mol. The molecule has 0 aromatic heterocycles. The summed E-state index contributed by atoms with van der Waals surface area (Å²) >= 11 is 0. The fourth-order valence-corrected chi connectivity index (χ4v) is 3.65. The van der Waals surface area contributed by atoms with Crippen LogP contribution in [0.25, 0.3) is 0 Å².